The second-order valence-electron chi connectivity index (χ2n) is 3.98. The van der Waals surface area contributed by atoms with Gasteiger partial charge in [-0.2, -0.15) is 0 Å². The molecule has 0 amide bonds. The van der Waals surface area contributed by atoms with Crippen LogP contribution in [0.4, 0.5) is 0 Å². The summed E-state index contributed by atoms with van der Waals surface area (Å²) < 4.78 is 0. The summed E-state index contributed by atoms with van der Waals surface area (Å²) in [6.45, 7) is 8.39. The van der Waals surface area contributed by atoms with E-state index in [9.17, 15) is 5.11 Å². The Kier molecular flexibility index (Phi) is 7.44. The van der Waals surface area contributed by atoms with Crippen molar-refractivity contribution in [3.05, 3.63) is 34.9 Å². The van der Waals surface area contributed by atoms with Crippen LogP contribution in [0.1, 0.15) is 46.1 Å². The quantitative estimate of drug-likeness (QED) is 0.829. The molecule has 0 fully saturated rings. The standard InChI is InChI=1S/C12H17ClO.C2H6/c1-3-8-12(2,9-14)10-4-6-11(13)7-5-10;1-2/h4-7,14H,3,8-9H2,1-2H3;1-2H3. The van der Waals surface area contributed by atoms with E-state index in [1.54, 1.807) is 0 Å². The third-order valence-corrected chi connectivity index (χ3v) is 2.94. The molecule has 1 N–H and O–H groups in total. The van der Waals surface area contributed by atoms with Crippen molar-refractivity contribution in [3.63, 3.8) is 0 Å². The molecule has 1 rings (SSSR count). The van der Waals surface area contributed by atoms with Crippen molar-refractivity contribution in [3.8, 4) is 0 Å². The van der Waals surface area contributed by atoms with Gasteiger partial charge in [-0.1, -0.05) is 57.8 Å². The van der Waals surface area contributed by atoms with Gasteiger partial charge >= 0.3 is 0 Å². The van der Waals surface area contributed by atoms with Gasteiger partial charge < -0.3 is 5.11 Å². The van der Waals surface area contributed by atoms with Gasteiger partial charge in [0.25, 0.3) is 0 Å². The fraction of sp³-hybridized carbons (Fsp3) is 0.571. The first-order valence-electron chi connectivity index (χ1n) is 5.99. The maximum atomic E-state index is 9.41. The molecule has 0 saturated heterocycles. The third kappa shape index (κ3) is 4.15. The smallest absolute Gasteiger partial charge is 0.0525 e. The highest BCUT2D eigenvalue weighted by molar-refractivity contribution is 6.30. The highest BCUT2D eigenvalue weighted by Crippen LogP contribution is 2.29. The van der Waals surface area contributed by atoms with E-state index in [2.05, 4.69) is 13.8 Å². The fourth-order valence-electron chi connectivity index (χ4n) is 1.72. The van der Waals surface area contributed by atoms with Crippen LogP contribution in [0.3, 0.4) is 0 Å². The lowest BCUT2D eigenvalue weighted by atomic mass is 9.79. The number of hydrogen-bond acceptors (Lipinski definition) is 1. The number of halogens is 1. The summed E-state index contributed by atoms with van der Waals surface area (Å²) >= 11 is 5.82. The summed E-state index contributed by atoms with van der Waals surface area (Å²) in [4.78, 5) is 0. The van der Waals surface area contributed by atoms with Crippen LogP contribution in [0.2, 0.25) is 5.02 Å². The molecular formula is C14H23ClO. The minimum atomic E-state index is -0.126. The van der Waals surface area contributed by atoms with E-state index in [-0.39, 0.29) is 12.0 Å². The normalized spacial score (nSPS) is 13.6. The Bertz CT molecular complexity index is 281. The fourth-order valence-corrected chi connectivity index (χ4v) is 1.84. The first kappa shape index (κ1) is 15.5. The predicted molar refractivity (Wildman–Crippen MR) is 72.1 cm³/mol. The van der Waals surface area contributed by atoms with Gasteiger partial charge in [-0.15, -0.1) is 0 Å². The van der Waals surface area contributed by atoms with Crippen molar-refractivity contribution in [1.82, 2.24) is 0 Å². The summed E-state index contributed by atoms with van der Waals surface area (Å²) in [6.07, 6.45) is 2.06. The molecule has 0 spiro atoms. The van der Waals surface area contributed by atoms with E-state index in [0.29, 0.717) is 0 Å². The molecule has 2 heteroatoms. The molecule has 1 nitrogen and oxygen atoms in total. The Labute approximate surface area is 104 Å². The van der Waals surface area contributed by atoms with E-state index < -0.39 is 0 Å². The van der Waals surface area contributed by atoms with Crippen LogP contribution in [0.5, 0.6) is 0 Å². The molecule has 1 aromatic carbocycles. The number of aliphatic hydroxyl groups is 1. The molecule has 92 valence electrons. The Morgan fingerprint density at radius 2 is 1.69 bits per heavy atom. The van der Waals surface area contributed by atoms with E-state index in [1.165, 1.54) is 0 Å². The van der Waals surface area contributed by atoms with Crippen molar-refractivity contribution in [2.75, 3.05) is 6.61 Å². The minimum Gasteiger partial charge on any atom is -0.395 e. The van der Waals surface area contributed by atoms with Crippen molar-refractivity contribution in [2.45, 2.75) is 46.0 Å². The Morgan fingerprint density at radius 1 is 1.19 bits per heavy atom. The molecule has 0 saturated carbocycles. The average Bonchev–Trinajstić information content (AvgIpc) is 2.32. The second kappa shape index (κ2) is 7.70. The lowest BCUT2D eigenvalue weighted by molar-refractivity contribution is 0.196. The first-order chi connectivity index (χ1) is 7.62. The minimum absolute atomic E-state index is 0.126. The van der Waals surface area contributed by atoms with Gasteiger partial charge in [0.05, 0.1) is 6.61 Å². The first-order valence-corrected chi connectivity index (χ1v) is 6.37. The van der Waals surface area contributed by atoms with Crippen LogP contribution in [-0.2, 0) is 5.41 Å². The number of benzene rings is 1. The lowest BCUT2D eigenvalue weighted by Crippen LogP contribution is -2.26. The molecule has 0 aliphatic rings. The van der Waals surface area contributed by atoms with Crippen molar-refractivity contribution >= 4 is 11.6 Å². The summed E-state index contributed by atoms with van der Waals surface area (Å²) in [7, 11) is 0. The number of hydrogen-bond donors (Lipinski definition) is 1. The highest BCUT2D eigenvalue weighted by Gasteiger charge is 2.24. The van der Waals surface area contributed by atoms with Crippen LogP contribution in [0.15, 0.2) is 24.3 Å². The van der Waals surface area contributed by atoms with E-state index >= 15 is 0 Å². The number of aliphatic hydroxyl groups excluding tert-OH is 1. The van der Waals surface area contributed by atoms with E-state index in [4.69, 9.17) is 11.6 Å². The van der Waals surface area contributed by atoms with Crippen LogP contribution in [0, 0.1) is 0 Å². The zero-order valence-electron chi connectivity index (χ0n) is 10.8. The molecule has 0 heterocycles. The molecule has 16 heavy (non-hydrogen) atoms. The van der Waals surface area contributed by atoms with Gasteiger partial charge in [0.15, 0.2) is 0 Å². The molecule has 0 bridgehead atoms. The molecule has 0 aromatic heterocycles. The zero-order chi connectivity index (χ0) is 12.6. The topological polar surface area (TPSA) is 20.2 Å². The predicted octanol–water partition coefficient (Wildman–Crippen LogP) is 4.42. The Balaban J connectivity index is 0.00000106. The van der Waals surface area contributed by atoms with E-state index in [0.717, 1.165) is 23.4 Å². The van der Waals surface area contributed by atoms with Crippen molar-refractivity contribution in [2.24, 2.45) is 0 Å². The van der Waals surface area contributed by atoms with Crippen molar-refractivity contribution in [1.29, 1.82) is 0 Å². The van der Waals surface area contributed by atoms with Gasteiger partial charge in [-0.3, -0.25) is 0 Å². The molecule has 0 radical (unpaired) electrons. The maximum Gasteiger partial charge on any atom is 0.0525 e. The zero-order valence-corrected chi connectivity index (χ0v) is 11.5. The lowest BCUT2D eigenvalue weighted by Gasteiger charge is -2.27. The molecule has 0 aliphatic carbocycles. The van der Waals surface area contributed by atoms with Gasteiger partial charge in [0.2, 0.25) is 0 Å². The molecule has 1 unspecified atom stereocenters. The summed E-state index contributed by atoms with van der Waals surface area (Å²) in [5.41, 5.74) is 1.03. The van der Waals surface area contributed by atoms with Crippen molar-refractivity contribution < 1.29 is 5.11 Å². The average molecular weight is 243 g/mol. The van der Waals surface area contributed by atoms with Crippen LogP contribution in [0.25, 0.3) is 0 Å². The second-order valence-corrected chi connectivity index (χ2v) is 4.41. The highest BCUT2D eigenvalue weighted by atomic mass is 35.5. The van der Waals surface area contributed by atoms with E-state index in [1.807, 2.05) is 38.1 Å². The van der Waals surface area contributed by atoms with Crippen LogP contribution < -0.4 is 0 Å². The number of rotatable bonds is 4. The summed E-state index contributed by atoms with van der Waals surface area (Å²) in [6, 6.07) is 7.74. The third-order valence-electron chi connectivity index (χ3n) is 2.69. The molecule has 1 atom stereocenters. The molecular weight excluding hydrogens is 220 g/mol. The maximum absolute atomic E-state index is 9.41. The largest absolute Gasteiger partial charge is 0.395 e. The van der Waals surface area contributed by atoms with Crippen LogP contribution in [-0.4, -0.2) is 11.7 Å². The van der Waals surface area contributed by atoms with Crippen LogP contribution >= 0.6 is 11.6 Å². The summed E-state index contributed by atoms with van der Waals surface area (Å²) in [5, 5.41) is 10.1. The molecule has 0 aliphatic heterocycles. The molecule has 1 aromatic rings. The Hall–Kier alpha value is -0.530. The monoisotopic (exact) mass is 242 g/mol. The summed E-state index contributed by atoms with van der Waals surface area (Å²) in [5.74, 6) is 0. The SMILES string of the molecule is CC.CCCC(C)(CO)c1ccc(Cl)cc1. The van der Waals surface area contributed by atoms with Gasteiger partial charge in [-0.25, -0.2) is 0 Å². The van der Waals surface area contributed by atoms with Gasteiger partial charge in [-0.05, 0) is 24.1 Å². The Morgan fingerprint density at radius 3 is 2.06 bits per heavy atom. The van der Waals surface area contributed by atoms with Gasteiger partial charge in [0, 0.05) is 10.4 Å². The van der Waals surface area contributed by atoms with Gasteiger partial charge in [0.1, 0.15) is 0 Å².